The Morgan fingerprint density at radius 1 is 1.56 bits per heavy atom. The Hall–Kier alpha value is -0.550. The molecule has 0 aliphatic rings. The van der Waals surface area contributed by atoms with Crippen molar-refractivity contribution in [1.29, 1.82) is 0 Å². The van der Waals surface area contributed by atoms with Gasteiger partial charge in [0, 0.05) is 6.61 Å². The minimum Gasteiger partial charge on any atom is -0.396 e. The van der Waals surface area contributed by atoms with Gasteiger partial charge < -0.3 is 5.11 Å². The maximum Gasteiger partial charge on any atom is 0.160 e. The molecule has 0 amide bonds. The Kier molecular flexibility index (Phi) is 5.24. The Bertz CT molecular complexity index is 95.6. The number of hydrogen-bond donors (Lipinski definition) is 1. The fourth-order valence-electron chi connectivity index (χ4n) is 0.519. The molecule has 0 heterocycles. The highest BCUT2D eigenvalue weighted by Crippen LogP contribution is 2.01. The maximum atomic E-state index is 12.1. The molecule has 0 fully saturated rings. The zero-order chi connectivity index (χ0) is 7.11. The average molecular weight is 130 g/mol. The Morgan fingerprint density at radius 2 is 2.22 bits per heavy atom. The van der Waals surface area contributed by atoms with E-state index in [0.29, 0.717) is 19.3 Å². The van der Waals surface area contributed by atoms with Crippen LogP contribution in [0.4, 0.5) is 4.39 Å². The van der Waals surface area contributed by atoms with Crippen LogP contribution in [-0.2, 0) is 0 Å². The van der Waals surface area contributed by atoms with E-state index >= 15 is 0 Å². The lowest BCUT2D eigenvalue weighted by atomic mass is 10.2. The molecule has 0 aromatic rings. The fourth-order valence-corrected chi connectivity index (χ4v) is 0.519. The van der Waals surface area contributed by atoms with Crippen molar-refractivity contribution in [3.8, 4) is 12.3 Å². The second-order valence-electron chi connectivity index (χ2n) is 1.85. The molecule has 0 aliphatic carbocycles. The van der Waals surface area contributed by atoms with Crippen molar-refractivity contribution in [3.05, 3.63) is 0 Å². The third-order valence-corrected chi connectivity index (χ3v) is 1.05. The Labute approximate surface area is 54.9 Å². The molecule has 1 atom stereocenters. The average Bonchev–Trinajstić information content (AvgIpc) is 1.89. The van der Waals surface area contributed by atoms with E-state index in [4.69, 9.17) is 11.5 Å². The number of hydrogen-bond acceptors (Lipinski definition) is 1. The third kappa shape index (κ3) is 5.32. The van der Waals surface area contributed by atoms with Crippen molar-refractivity contribution in [3.63, 3.8) is 0 Å². The summed E-state index contributed by atoms with van der Waals surface area (Å²) in [4.78, 5) is 0. The van der Waals surface area contributed by atoms with Gasteiger partial charge in [-0.05, 0) is 19.3 Å². The maximum absolute atomic E-state index is 12.1. The van der Waals surface area contributed by atoms with Crippen LogP contribution in [0, 0.1) is 12.3 Å². The van der Waals surface area contributed by atoms with Crippen LogP contribution in [0.1, 0.15) is 19.3 Å². The first-order chi connectivity index (χ1) is 4.31. The quantitative estimate of drug-likeness (QED) is 0.446. The monoisotopic (exact) mass is 130 g/mol. The van der Waals surface area contributed by atoms with Crippen molar-refractivity contribution < 1.29 is 9.50 Å². The summed E-state index contributed by atoms with van der Waals surface area (Å²) in [5, 5.41) is 8.28. The number of terminal acetylenes is 1. The zero-order valence-electron chi connectivity index (χ0n) is 5.31. The van der Waals surface area contributed by atoms with Crippen LogP contribution >= 0.6 is 0 Å². The third-order valence-electron chi connectivity index (χ3n) is 1.05. The van der Waals surface area contributed by atoms with Gasteiger partial charge in [0.25, 0.3) is 0 Å². The van der Waals surface area contributed by atoms with E-state index in [1.54, 1.807) is 0 Å². The molecule has 0 rings (SSSR count). The second-order valence-corrected chi connectivity index (χ2v) is 1.85. The van der Waals surface area contributed by atoms with Crippen molar-refractivity contribution in [1.82, 2.24) is 0 Å². The van der Waals surface area contributed by atoms with Crippen molar-refractivity contribution in [2.24, 2.45) is 0 Å². The van der Waals surface area contributed by atoms with E-state index in [9.17, 15) is 4.39 Å². The van der Waals surface area contributed by atoms with Gasteiger partial charge in [0.15, 0.2) is 6.17 Å². The lowest BCUT2D eigenvalue weighted by Crippen LogP contribution is -1.95. The SMILES string of the molecule is C#CC(F)CCCCO. The zero-order valence-corrected chi connectivity index (χ0v) is 5.31. The first-order valence-electron chi connectivity index (χ1n) is 3.02. The largest absolute Gasteiger partial charge is 0.396 e. The first-order valence-corrected chi connectivity index (χ1v) is 3.02. The molecular weight excluding hydrogens is 119 g/mol. The molecule has 2 heteroatoms. The van der Waals surface area contributed by atoms with Crippen LogP contribution in [-0.4, -0.2) is 17.9 Å². The highest BCUT2D eigenvalue weighted by molar-refractivity contribution is 4.93. The summed E-state index contributed by atoms with van der Waals surface area (Å²) >= 11 is 0. The summed E-state index contributed by atoms with van der Waals surface area (Å²) in [5.41, 5.74) is 0. The lowest BCUT2D eigenvalue weighted by molar-refractivity contribution is 0.275. The minimum atomic E-state index is -1.13. The number of aliphatic hydroxyl groups excluding tert-OH is 1. The number of aliphatic hydroxyl groups is 1. The Morgan fingerprint density at radius 3 is 2.67 bits per heavy atom. The normalized spacial score (nSPS) is 12.6. The molecular formula is C7H11FO. The van der Waals surface area contributed by atoms with Gasteiger partial charge in [-0.2, -0.15) is 0 Å². The number of unbranched alkanes of at least 4 members (excludes halogenated alkanes) is 1. The molecule has 0 bridgehead atoms. The van der Waals surface area contributed by atoms with Gasteiger partial charge in [0.2, 0.25) is 0 Å². The van der Waals surface area contributed by atoms with E-state index in [2.05, 4.69) is 0 Å². The summed E-state index contributed by atoms with van der Waals surface area (Å²) in [6.45, 7) is 0.122. The van der Waals surface area contributed by atoms with Crippen LogP contribution in [0.2, 0.25) is 0 Å². The van der Waals surface area contributed by atoms with Gasteiger partial charge >= 0.3 is 0 Å². The Balaban J connectivity index is 2.99. The predicted molar refractivity (Wildman–Crippen MR) is 34.7 cm³/mol. The van der Waals surface area contributed by atoms with Gasteiger partial charge in [0.05, 0.1) is 0 Å². The van der Waals surface area contributed by atoms with Gasteiger partial charge in [-0.25, -0.2) is 4.39 Å². The summed E-state index contributed by atoms with van der Waals surface area (Å²) in [5.74, 6) is 1.98. The molecule has 0 spiro atoms. The van der Waals surface area contributed by atoms with E-state index < -0.39 is 6.17 Å². The highest BCUT2D eigenvalue weighted by atomic mass is 19.1. The van der Waals surface area contributed by atoms with E-state index in [1.165, 1.54) is 0 Å². The molecule has 0 aromatic carbocycles. The van der Waals surface area contributed by atoms with Crippen molar-refractivity contribution >= 4 is 0 Å². The van der Waals surface area contributed by atoms with Crippen LogP contribution in [0.5, 0.6) is 0 Å². The molecule has 52 valence electrons. The summed E-state index contributed by atoms with van der Waals surface area (Å²) < 4.78 is 12.1. The molecule has 9 heavy (non-hydrogen) atoms. The molecule has 0 saturated carbocycles. The van der Waals surface area contributed by atoms with Gasteiger partial charge in [-0.15, -0.1) is 6.42 Å². The molecule has 0 aliphatic heterocycles. The number of alkyl halides is 1. The topological polar surface area (TPSA) is 20.2 Å². The van der Waals surface area contributed by atoms with Crippen molar-refractivity contribution in [2.45, 2.75) is 25.4 Å². The number of rotatable bonds is 4. The van der Waals surface area contributed by atoms with Crippen LogP contribution in [0.15, 0.2) is 0 Å². The number of halogens is 1. The lowest BCUT2D eigenvalue weighted by Gasteiger charge is -1.96. The van der Waals surface area contributed by atoms with E-state index in [-0.39, 0.29) is 6.61 Å². The van der Waals surface area contributed by atoms with Crippen LogP contribution in [0.25, 0.3) is 0 Å². The van der Waals surface area contributed by atoms with Crippen molar-refractivity contribution in [2.75, 3.05) is 6.61 Å². The molecule has 1 N–H and O–H groups in total. The van der Waals surface area contributed by atoms with Crippen LogP contribution < -0.4 is 0 Å². The summed E-state index contributed by atoms with van der Waals surface area (Å²) in [6, 6.07) is 0. The highest BCUT2D eigenvalue weighted by Gasteiger charge is 1.98. The van der Waals surface area contributed by atoms with E-state index in [0.717, 1.165) is 0 Å². The molecule has 0 saturated heterocycles. The van der Waals surface area contributed by atoms with Gasteiger partial charge in [-0.3, -0.25) is 0 Å². The molecule has 1 unspecified atom stereocenters. The van der Waals surface area contributed by atoms with Gasteiger partial charge in [0.1, 0.15) is 0 Å². The molecule has 0 aromatic heterocycles. The minimum absolute atomic E-state index is 0.122. The fraction of sp³-hybridized carbons (Fsp3) is 0.714. The first kappa shape index (κ1) is 8.45. The van der Waals surface area contributed by atoms with Crippen LogP contribution in [0.3, 0.4) is 0 Å². The second kappa shape index (κ2) is 5.58. The summed E-state index contributed by atoms with van der Waals surface area (Å²) in [7, 11) is 0. The van der Waals surface area contributed by atoms with E-state index in [1.807, 2.05) is 5.92 Å². The van der Waals surface area contributed by atoms with Gasteiger partial charge in [-0.1, -0.05) is 5.92 Å². The standard InChI is InChI=1S/C7H11FO/c1-2-7(8)5-3-4-6-9/h1,7,9H,3-6H2. The predicted octanol–water partition coefficient (Wildman–Crippen LogP) is 1.12. The summed E-state index contributed by atoms with van der Waals surface area (Å²) in [6.07, 6.45) is 5.32. The molecule has 1 nitrogen and oxygen atoms in total. The molecule has 0 radical (unpaired) electrons. The smallest absolute Gasteiger partial charge is 0.160 e.